The van der Waals surface area contributed by atoms with Crippen LogP contribution in [-0.2, 0) is 0 Å². The van der Waals surface area contributed by atoms with Crippen LogP contribution in [0.2, 0.25) is 0 Å². The van der Waals surface area contributed by atoms with Gasteiger partial charge in [-0.05, 0) is 49.8 Å². The van der Waals surface area contributed by atoms with Gasteiger partial charge in [-0.15, -0.1) is 0 Å². The monoisotopic (exact) mass is 369 g/mol. The minimum Gasteiger partial charge on any atom is -0.493 e. The van der Waals surface area contributed by atoms with Crippen molar-refractivity contribution >= 4 is 17.5 Å². The Hall–Kier alpha value is -2.95. The molecule has 0 heterocycles. The van der Waals surface area contributed by atoms with E-state index >= 15 is 0 Å². The standard InChI is InChI=1S/C22H27NO4/c1-6-23(7-2)17-11-8-16(9-12-17)10-14-19(24)18-13-15-20(25-3)22(27-5)21(18)26-4/h8-15H,6-7H2,1-5H3. The van der Waals surface area contributed by atoms with Crippen LogP contribution in [-0.4, -0.2) is 40.2 Å². The number of ketones is 1. The molecule has 0 aliphatic heterocycles. The van der Waals surface area contributed by atoms with E-state index in [1.807, 2.05) is 12.1 Å². The number of methoxy groups -OCH3 is 3. The molecule has 0 saturated heterocycles. The summed E-state index contributed by atoms with van der Waals surface area (Å²) in [4.78, 5) is 14.9. The summed E-state index contributed by atoms with van der Waals surface area (Å²) >= 11 is 0. The van der Waals surface area contributed by atoms with Gasteiger partial charge in [-0.3, -0.25) is 4.79 Å². The van der Waals surface area contributed by atoms with Crippen LogP contribution in [0.5, 0.6) is 17.2 Å². The highest BCUT2D eigenvalue weighted by atomic mass is 16.5. The molecule has 0 aromatic heterocycles. The van der Waals surface area contributed by atoms with Gasteiger partial charge in [-0.25, -0.2) is 0 Å². The molecular weight excluding hydrogens is 342 g/mol. The van der Waals surface area contributed by atoms with Gasteiger partial charge in [0.25, 0.3) is 0 Å². The molecule has 0 aliphatic rings. The molecule has 0 spiro atoms. The van der Waals surface area contributed by atoms with E-state index < -0.39 is 0 Å². The Morgan fingerprint density at radius 3 is 2.04 bits per heavy atom. The molecule has 5 nitrogen and oxygen atoms in total. The van der Waals surface area contributed by atoms with E-state index in [4.69, 9.17) is 14.2 Å². The van der Waals surface area contributed by atoms with E-state index in [2.05, 4.69) is 30.9 Å². The first kappa shape index (κ1) is 20.4. The molecule has 27 heavy (non-hydrogen) atoms. The summed E-state index contributed by atoms with van der Waals surface area (Å²) in [5.41, 5.74) is 2.55. The molecule has 0 saturated carbocycles. The molecular formula is C22H27NO4. The molecule has 0 amide bonds. The number of rotatable bonds is 9. The summed E-state index contributed by atoms with van der Waals surface area (Å²) < 4.78 is 16.0. The van der Waals surface area contributed by atoms with Crippen LogP contribution in [0.3, 0.4) is 0 Å². The average molecular weight is 369 g/mol. The Morgan fingerprint density at radius 2 is 1.52 bits per heavy atom. The fraction of sp³-hybridized carbons (Fsp3) is 0.318. The van der Waals surface area contributed by atoms with Gasteiger partial charge in [0.1, 0.15) is 0 Å². The number of carbonyl (C=O) groups is 1. The molecule has 2 aromatic rings. The van der Waals surface area contributed by atoms with E-state index in [0.29, 0.717) is 22.8 Å². The number of benzene rings is 2. The normalized spacial score (nSPS) is 10.7. The summed E-state index contributed by atoms with van der Waals surface area (Å²) in [5, 5.41) is 0. The van der Waals surface area contributed by atoms with E-state index in [1.165, 1.54) is 26.0 Å². The lowest BCUT2D eigenvalue weighted by atomic mass is 10.1. The van der Waals surface area contributed by atoms with Gasteiger partial charge in [0, 0.05) is 18.8 Å². The van der Waals surface area contributed by atoms with Gasteiger partial charge >= 0.3 is 0 Å². The number of hydrogen-bond acceptors (Lipinski definition) is 5. The quantitative estimate of drug-likeness (QED) is 0.483. The first-order valence-corrected chi connectivity index (χ1v) is 8.95. The Bertz CT molecular complexity index is 793. The van der Waals surface area contributed by atoms with Crippen molar-refractivity contribution < 1.29 is 19.0 Å². The number of carbonyl (C=O) groups excluding carboxylic acids is 1. The number of anilines is 1. The van der Waals surface area contributed by atoms with Gasteiger partial charge in [-0.1, -0.05) is 18.2 Å². The van der Waals surface area contributed by atoms with E-state index in [0.717, 1.165) is 18.7 Å². The van der Waals surface area contributed by atoms with Crippen molar-refractivity contribution in [2.45, 2.75) is 13.8 Å². The van der Waals surface area contributed by atoms with Crippen LogP contribution < -0.4 is 19.1 Å². The van der Waals surface area contributed by atoms with Crippen LogP contribution in [0.4, 0.5) is 5.69 Å². The molecule has 0 atom stereocenters. The second-order valence-corrected chi connectivity index (χ2v) is 5.84. The first-order chi connectivity index (χ1) is 13.1. The third-order valence-corrected chi connectivity index (χ3v) is 4.42. The summed E-state index contributed by atoms with van der Waals surface area (Å²) in [6.07, 6.45) is 3.33. The third-order valence-electron chi connectivity index (χ3n) is 4.42. The average Bonchev–Trinajstić information content (AvgIpc) is 2.72. The molecule has 0 N–H and O–H groups in total. The topological polar surface area (TPSA) is 48.0 Å². The largest absolute Gasteiger partial charge is 0.493 e. The summed E-state index contributed by atoms with van der Waals surface area (Å²) in [7, 11) is 4.56. The molecule has 2 rings (SSSR count). The van der Waals surface area contributed by atoms with Crippen molar-refractivity contribution in [3.63, 3.8) is 0 Å². The van der Waals surface area contributed by atoms with Crippen molar-refractivity contribution in [1.29, 1.82) is 0 Å². The number of ether oxygens (including phenoxy) is 3. The maximum atomic E-state index is 12.7. The van der Waals surface area contributed by atoms with Crippen LogP contribution in [0.25, 0.3) is 6.08 Å². The molecule has 144 valence electrons. The highest BCUT2D eigenvalue weighted by Crippen LogP contribution is 2.40. The van der Waals surface area contributed by atoms with Crippen molar-refractivity contribution in [2.75, 3.05) is 39.3 Å². The van der Waals surface area contributed by atoms with Gasteiger partial charge in [0.15, 0.2) is 17.3 Å². The van der Waals surface area contributed by atoms with Gasteiger partial charge in [0.2, 0.25) is 5.75 Å². The lowest BCUT2D eigenvalue weighted by molar-refractivity contribution is 0.104. The van der Waals surface area contributed by atoms with E-state index in [9.17, 15) is 4.79 Å². The molecule has 5 heteroatoms. The summed E-state index contributed by atoms with van der Waals surface area (Å²) in [6.45, 7) is 6.19. The highest BCUT2D eigenvalue weighted by molar-refractivity contribution is 6.09. The fourth-order valence-electron chi connectivity index (χ4n) is 2.94. The van der Waals surface area contributed by atoms with Gasteiger partial charge in [0.05, 0.1) is 26.9 Å². The van der Waals surface area contributed by atoms with Gasteiger partial charge in [-0.2, -0.15) is 0 Å². The molecule has 2 aromatic carbocycles. The molecule has 0 radical (unpaired) electrons. The summed E-state index contributed by atoms with van der Waals surface area (Å²) in [6, 6.07) is 11.5. The predicted molar refractivity (Wildman–Crippen MR) is 109 cm³/mol. The minimum atomic E-state index is -0.166. The lowest BCUT2D eigenvalue weighted by Crippen LogP contribution is -2.21. The van der Waals surface area contributed by atoms with Crippen molar-refractivity contribution in [1.82, 2.24) is 0 Å². The van der Waals surface area contributed by atoms with Crippen molar-refractivity contribution in [3.05, 3.63) is 53.6 Å². The van der Waals surface area contributed by atoms with Crippen LogP contribution in [0.1, 0.15) is 29.8 Å². The SMILES string of the molecule is CCN(CC)c1ccc(C=CC(=O)c2ccc(OC)c(OC)c2OC)cc1. The van der Waals surface area contributed by atoms with Crippen LogP contribution in [0, 0.1) is 0 Å². The zero-order valence-corrected chi connectivity index (χ0v) is 16.6. The predicted octanol–water partition coefficient (Wildman–Crippen LogP) is 4.45. The van der Waals surface area contributed by atoms with Crippen LogP contribution >= 0.6 is 0 Å². The maximum Gasteiger partial charge on any atom is 0.204 e. The Balaban J connectivity index is 2.24. The Labute approximate surface area is 161 Å². The molecule has 0 fully saturated rings. The van der Waals surface area contributed by atoms with E-state index in [-0.39, 0.29) is 5.78 Å². The molecule has 0 bridgehead atoms. The number of nitrogens with zero attached hydrogens (tertiary/aromatic N) is 1. The minimum absolute atomic E-state index is 0.166. The molecule has 0 unspecified atom stereocenters. The van der Waals surface area contributed by atoms with Gasteiger partial charge < -0.3 is 19.1 Å². The highest BCUT2D eigenvalue weighted by Gasteiger charge is 2.19. The lowest BCUT2D eigenvalue weighted by Gasteiger charge is -2.20. The molecule has 0 aliphatic carbocycles. The third kappa shape index (κ3) is 4.61. The summed E-state index contributed by atoms with van der Waals surface area (Å²) in [5.74, 6) is 1.12. The number of allylic oxidation sites excluding steroid dienone is 1. The fourth-order valence-corrected chi connectivity index (χ4v) is 2.94. The number of hydrogen-bond donors (Lipinski definition) is 0. The zero-order chi connectivity index (χ0) is 19.8. The van der Waals surface area contributed by atoms with Crippen molar-refractivity contribution in [3.8, 4) is 17.2 Å². The smallest absolute Gasteiger partial charge is 0.204 e. The maximum absolute atomic E-state index is 12.7. The first-order valence-electron chi connectivity index (χ1n) is 8.95. The second kappa shape index (κ2) is 9.67. The second-order valence-electron chi connectivity index (χ2n) is 5.84. The Morgan fingerprint density at radius 1 is 0.889 bits per heavy atom. The van der Waals surface area contributed by atoms with Crippen molar-refractivity contribution in [2.24, 2.45) is 0 Å². The van der Waals surface area contributed by atoms with Crippen LogP contribution in [0.15, 0.2) is 42.5 Å². The zero-order valence-electron chi connectivity index (χ0n) is 16.6. The van der Waals surface area contributed by atoms with E-state index in [1.54, 1.807) is 25.3 Å². The Kier molecular flexibility index (Phi) is 7.29.